The van der Waals surface area contributed by atoms with Crippen molar-refractivity contribution in [1.82, 2.24) is 14.8 Å². The van der Waals surface area contributed by atoms with E-state index in [4.69, 9.17) is 11.6 Å². The molecule has 172 valence electrons. The number of rotatable bonds is 4. The Bertz CT molecular complexity index is 1270. The van der Waals surface area contributed by atoms with Gasteiger partial charge in [0, 0.05) is 41.7 Å². The average molecular weight is 477 g/mol. The second-order valence-electron chi connectivity index (χ2n) is 8.06. The van der Waals surface area contributed by atoms with E-state index in [0.29, 0.717) is 11.1 Å². The van der Waals surface area contributed by atoms with Gasteiger partial charge in [-0.15, -0.1) is 0 Å². The van der Waals surface area contributed by atoms with Crippen LogP contribution < -0.4 is 4.90 Å². The van der Waals surface area contributed by atoms with Gasteiger partial charge in [-0.25, -0.2) is 0 Å². The van der Waals surface area contributed by atoms with E-state index in [0.717, 1.165) is 23.4 Å². The molecule has 3 aromatic rings. The summed E-state index contributed by atoms with van der Waals surface area (Å²) in [7, 11) is 0. The zero-order chi connectivity index (χ0) is 24.1. The number of alkyl halides is 3. The Morgan fingerprint density at radius 2 is 1.97 bits per heavy atom. The summed E-state index contributed by atoms with van der Waals surface area (Å²) in [5.74, 6) is -0.629. The molecular formula is C23H20ClF3N4O2. The maximum absolute atomic E-state index is 13.4. The molecule has 0 saturated carbocycles. The van der Waals surface area contributed by atoms with Crippen molar-refractivity contribution >= 4 is 29.0 Å². The number of halogens is 4. The third-order valence-corrected chi connectivity index (χ3v) is 6.17. The number of carbonyl (C=O) groups is 2. The van der Waals surface area contributed by atoms with Gasteiger partial charge >= 0.3 is 6.18 Å². The van der Waals surface area contributed by atoms with Gasteiger partial charge in [0.1, 0.15) is 5.69 Å². The van der Waals surface area contributed by atoms with Gasteiger partial charge in [0.15, 0.2) is 5.78 Å². The van der Waals surface area contributed by atoms with Gasteiger partial charge < -0.3 is 4.90 Å². The van der Waals surface area contributed by atoms with E-state index in [1.165, 1.54) is 17.2 Å². The van der Waals surface area contributed by atoms with Crippen LogP contribution in [0, 0.1) is 13.8 Å². The van der Waals surface area contributed by atoms with Crippen LogP contribution in [0.15, 0.2) is 36.7 Å². The molecule has 4 rings (SSSR count). The van der Waals surface area contributed by atoms with Crippen LogP contribution in [0.2, 0.25) is 5.02 Å². The number of benzene rings is 1. The molecule has 0 saturated heterocycles. The molecule has 0 spiro atoms. The molecule has 0 bridgehead atoms. The highest BCUT2D eigenvalue weighted by atomic mass is 35.5. The molecule has 0 N–H and O–H groups in total. The van der Waals surface area contributed by atoms with Crippen molar-refractivity contribution in [2.75, 3.05) is 11.4 Å². The lowest BCUT2D eigenvalue weighted by Crippen LogP contribution is -2.43. The molecule has 0 unspecified atom stereocenters. The minimum absolute atomic E-state index is 0.0420. The highest BCUT2D eigenvalue weighted by Gasteiger charge is 2.36. The van der Waals surface area contributed by atoms with E-state index in [9.17, 15) is 22.8 Å². The lowest BCUT2D eigenvalue weighted by molar-refractivity contribution is -0.137. The lowest BCUT2D eigenvalue weighted by Gasteiger charge is -2.32. The van der Waals surface area contributed by atoms with Crippen LogP contribution in [0.1, 0.15) is 56.2 Å². The first kappa shape index (κ1) is 23.0. The number of carbonyl (C=O) groups excluding carboxylic acids is 2. The highest BCUT2D eigenvalue weighted by molar-refractivity contribution is 6.31. The predicted octanol–water partition coefficient (Wildman–Crippen LogP) is 5.21. The van der Waals surface area contributed by atoms with Gasteiger partial charge in [-0.1, -0.05) is 11.6 Å². The molecule has 0 radical (unpaired) electrons. The van der Waals surface area contributed by atoms with Crippen LogP contribution in [0.4, 0.5) is 18.9 Å². The zero-order valence-corrected chi connectivity index (χ0v) is 18.8. The average Bonchev–Trinajstić information content (AvgIpc) is 3.16. The Labute approximate surface area is 193 Å². The minimum Gasteiger partial charge on any atom is -0.305 e. The van der Waals surface area contributed by atoms with Crippen LogP contribution >= 0.6 is 11.6 Å². The first-order chi connectivity index (χ1) is 15.5. The summed E-state index contributed by atoms with van der Waals surface area (Å²) in [5, 5.41) is 3.81. The largest absolute Gasteiger partial charge is 0.417 e. The number of nitrogens with zero attached hydrogens (tertiary/aromatic N) is 4. The summed E-state index contributed by atoms with van der Waals surface area (Å²) in [5.41, 5.74) is 2.00. The second kappa shape index (κ2) is 8.30. The van der Waals surface area contributed by atoms with Crippen LogP contribution in [-0.4, -0.2) is 33.0 Å². The van der Waals surface area contributed by atoms with Crippen LogP contribution in [0.5, 0.6) is 0 Å². The fourth-order valence-corrected chi connectivity index (χ4v) is 4.27. The van der Waals surface area contributed by atoms with E-state index in [1.54, 1.807) is 16.9 Å². The number of hydrogen-bond acceptors (Lipinski definition) is 4. The molecule has 1 atom stereocenters. The molecule has 0 fully saturated rings. The van der Waals surface area contributed by atoms with Crippen LogP contribution in [0.25, 0.3) is 0 Å². The molecule has 1 aliphatic heterocycles. The predicted molar refractivity (Wildman–Crippen MR) is 117 cm³/mol. The number of Topliss-reactive ketones (excluding diaryl/α,β-unsaturated/α-hetero) is 1. The number of ketones is 1. The number of pyridine rings is 1. The fraction of sp³-hybridized carbons (Fsp3) is 0.304. The van der Waals surface area contributed by atoms with E-state index >= 15 is 0 Å². The molecule has 0 aliphatic carbocycles. The number of hydrogen-bond donors (Lipinski definition) is 0. The smallest absolute Gasteiger partial charge is 0.305 e. The van der Waals surface area contributed by atoms with Gasteiger partial charge in [-0.05, 0) is 50.6 Å². The maximum Gasteiger partial charge on any atom is 0.417 e. The first-order valence-electron chi connectivity index (χ1n) is 10.2. The standard InChI is InChI=1S/C23H20ClF3N4O2/c1-12-11-30(16-4-5-18(19(24)9-16)23(25,26)27)22(33)21-15(10-29-31(12)21)8-20(32)17-6-7-28-14(3)13(17)2/h4-7,9-10,12H,8,11H2,1-3H3/t12-/m0/s1. The van der Waals surface area contributed by atoms with Gasteiger partial charge in [-0.2, -0.15) is 18.3 Å². The quantitative estimate of drug-likeness (QED) is 0.484. The van der Waals surface area contributed by atoms with E-state index in [1.807, 2.05) is 20.8 Å². The minimum atomic E-state index is -4.59. The van der Waals surface area contributed by atoms with Crippen molar-refractivity contribution in [3.63, 3.8) is 0 Å². The third kappa shape index (κ3) is 4.13. The normalized spacial score (nSPS) is 16.2. The topological polar surface area (TPSA) is 68.1 Å². The Hall–Kier alpha value is -3.20. The monoisotopic (exact) mass is 476 g/mol. The summed E-state index contributed by atoms with van der Waals surface area (Å²) >= 11 is 5.87. The Morgan fingerprint density at radius 3 is 2.64 bits per heavy atom. The van der Waals surface area contributed by atoms with Crippen molar-refractivity contribution in [3.05, 3.63) is 75.3 Å². The van der Waals surface area contributed by atoms with Gasteiger partial charge in [0.05, 0.1) is 22.8 Å². The fourth-order valence-electron chi connectivity index (χ4n) is 3.98. The molecule has 33 heavy (non-hydrogen) atoms. The Balaban J connectivity index is 1.67. The van der Waals surface area contributed by atoms with Crippen molar-refractivity contribution in [3.8, 4) is 0 Å². The Morgan fingerprint density at radius 1 is 1.24 bits per heavy atom. The van der Waals surface area contributed by atoms with Crippen LogP contribution in [-0.2, 0) is 12.6 Å². The molecule has 1 aliphatic rings. The lowest BCUT2D eigenvalue weighted by atomic mass is 9.98. The maximum atomic E-state index is 13.4. The molecule has 1 aromatic carbocycles. The number of anilines is 1. The highest BCUT2D eigenvalue weighted by Crippen LogP contribution is 2.38. The molecule has 10 heteroatoms. The SMILES string of the molecule is Cc1nccc(C(=O)Cc2cnn3c2C(=O)N(c2ccc(C(F)(F)F)c(Cl)c2)C[C@@H]3C)c1C. The van der Waals surface area contributed by atoms with Gasteiger partial charge in [0.2, 0.25) is 0 Å². The number of aryl methyl sites for hydroxylation is 1. The van der Waals surface area contributed by atoms with Crippen molar-refractivity contribution < 1.29 is 22.8 Å². The van der Waals surface area contributed by atoms with Crippen molar-refractivity contribution in [2.45, 2.75) is 39.4 Å². The summed E-state index contributed by atoms with van der Waals surface area (Å²) in [6.45, 7) is 5.66. The van der Waals surface area contributed by atoms with E-state index < -0.39 is 22.7 Å². The summed E-state index contributed by atoms with van der Waals surface area (Å²) in [4.78, 5) is 31.9. The first-order valence-corrected chi connectivity index (χ1v) is 10.6. The molecule has 1 amide bonds. The summed E-state index contributed by atoms with van der Waals surface area (Å²) in [6, 6.07) is 4.60. The van der Waals surface area contributed by atoms with Crippen LogP contribution in [0.3, 0.4) is 0 Å². The summed E-state index contributed by atoms with van der Waals surface area (Å²) in [6.07, 6.45) is -1.58. The molecule has 6 nitrogen and oxygen atoms in total. The van der Waals surface area contributed by atoms with Crippen molar-refractivity contribution in [2.24, 2.45) is 0 Å². The zero-order valence-electron chi connectivity index (χ0n) is 18.1. The van der Waals surface area contributed by atoms with Crippen molar-refractivity contribution in [1.29, 1.82) is 0 Å². The number of amides is 1. The number of fused-ring (bicyclic) bond motifs is 1. The van der Waals surface area contributed by atoms with E-state index in [2.05, 4.69) is 10.1 Å². The van der Waals surface area contributed by atoms with E-state index in [-0.39, 0.29) is 36.2 Å². The Kier molecular flexibility index (Phi) is 5.78. The number of aromatic nitrogens is 3. The second-order valence-corrected chi connectivity index (χ2v) is 8.47. The molecule has 3 heterocycles. The summed E-state index contributed by atoms with van der Waals surface area (Å²) < 4.78 is 40.8. The van der Waals surface area contributed by atoms with Gasteiger partial charge in [-0.3, -0.25) is 19.3 Å². The molecule has 2 aromatic heterocycles. The molecular weight excluding hydrogens is 457 g/mol. The third-order valence-electron chi connectivity index (χ3n) is 5.86. The van der Waals surface area contributed by atoms with Gasteiger partial charge in [0.25, 0.3) is 5.91 Å².